The Morgan fingerprint density at radius 2 is 1.81 bits per heavy atom. The molecule has 1 saturated heterocycles. The molecule has 32 heavy (non-hydrogen) atoms. The molecule has 3 aliphatic rings. The van der Waals surface area contributed by atoms with Crippen LogP contribution in [0.4, 0.5) is 5.82 Å². The lowest BCUT2D eigenvalue weighted by atomic mass is 10.0. The number of hydrogen-bond acceptors (Lipinski definition) is 7. The molecule has 2 N–H and O–H groups in total. The van der Waals surface area contributed by atoms with Crippen LogP contribution in [0.25, 0.3) is 0 Å². The molecule has 2 atom stereocenters. The van der Waals surface area contributed by atoms with Crippen LogP contribution < -0.4 is 20.3 Å². The number of hydrogen-bond donors (Lipinski definition) is 1. The number of nitrogens with zero attached hydrogens (tertiary/aromatic N) is 3. The number of rotatable bonds is 4. The molecule has 1 aromatic carbocycles. The standard InChI is InChI=1S/C23H24N4O5/c24-22(28)16-5-9-21(25-13-16)27-17(23(29)26-10-2-1-3-11-26)6-8-18(32-27)15-4-7-19-20(12-15)31-14-30-19/h4-9,12-13,17-18H,1-3,10-11,14H2,(H2,24,28)/t17-,18-/m1/s1. The Morgan fingerprint density at radius 3 is 2.56 bits per heavy atom. The number of aromatic nitrogens is 1. The number of fused-ring (bicyclic) bond motifs is 1. The van der Waals surface area contributed by atoms with Gasteiger partial charge in [0.25, 0.3) is 5.91 Å². The molecular weight excluding hydrogens is 412 g/mol. The van der Waals surface area contributed by atoms with E-state index >= 15 is 0 Å². The van der Waals surface area contributed by atoms with Crippen LogP contribution >= 0.6 is 0 Å². The van der Waals surface area contributed by atoms with Gasteiger partial charge in [-0.1, -0.05) is 18.2 Å². The predicted octanol–water partition coefficient (Wildman–Crippen LogP) is 2.34. The number of primary amides is 1. The number of pyridine rings is 1. The van der Waals surface area contributed by atoms with Gasteiger partial charge in [-0.15, -0.1) is 0 Å². The average Bonchev–Trinajstić information content (AvgIpc) is 3.32. The van der Waals surface area contributed by atoms with Crippen molar-refractivity contribution in [1.82, 2.24) is 9.88 Å². The second-order valence-electron chi connectivity index (χ2n) is 7.95. The van der Waals surface area contributed by atoms with Gasteiger partial charge in [0.05, 0.1) is 5.56 Å². The van der Waals surface area contributed by atoms with Gasteiger partial charge in [0.1, 0.15) is 6.10 Å². The van der Waals surface area contributed by atoms with Gasteiger partial charge in [0.2, 0.25) is 12.7 Å². The molecule has 9 nitrogen and oxygen atoms in total. The Balaban J connectivity index is 1.46. The Labute approximate surface area is 185 Å². The van der Waals surface area contributed by atoms with Gasteiger partial charge in [-0.3, -0.25) is 14.4 Å². The maximum Gasteiger partial charge on any atom is 0.251 e. The van der Waals surface area contributed by atoms with Crippen molar-refractivity contribution < 1.29 is 23.9 Å². The highest BCUT2D eigenvalue weighted by Gasteiger charge is 2.35. The van der Waals surface area contributed by atoms with E-state index in [1.165, 1.54) is 11.3 Å². The van der Waals surface area contributed by atoms with Crippen LogP contribution in [0.15, 0.2) is 48.7 Å². The minimum atomic E-state index is -0.662. The van der Waals surface area contributed by atoms with Gasteiger partial charge in [-0.2, -0.15) is 0 Å². The van der Waals surface area contributed by atoms with Gasteiger partial charge < -0.3 is 20.1 Å². The highest BCUT2D eigenvalue weighted by Crippen LogP contribution is 2.37. The Bertz CT molecular complexity index is 1050. The van der Waals surface area contributed by atoms with E-state index in [-0.39, 0.29) is 18.3 Å². The summed E-state index contributed by atoms with van der Waals surface area (Å²) >= 11 is 0. The number of nitrogens with two attached hydrogens (primary N) is 1. The van der Waals surface area contributed by atoms with E-state index in [9.17, 15) is 9.59 Å². The molecule has 0 radical (unpaired) electrons. The summed E-state index contributed by atoms with van der Waals surface area (Å²) < 4.78 is 10.9. The van der Waals surface area contributed by atoms with Crippen molar-refractivity contribution in [3.63, 3.8) is 0 Å². The lowest BCUT2D eigenvalue weighted by Gasteiger charge is -2.38. The zero-order chi connectivity index (χ0) is 22.1. The molecule has 2 aromatic rings. The minimum absolute atomic E-state index is 0.0362. The lowest BCUT2D eigenvalue weighted by molar-refractivity contribution is -0.135. The van der Waals surface area contributed by atoms with Crippen LogP contribution in [0.1, 0.15) is 41.3 Å². The molecule has 0 bridgehead atoms. The second kappa shape index (κ2) is 8.51. The fraction of sp³-hybridized carbons (Fsp3) is 0.348. The summed E-state index contributed by atoms with van der Waals surface area (Å²) in [6.07, 6.45) is 7.78. The molecule has 4 heterocycles. The van der Waals surface area contributed by atoms with Crippen molar-refractivity contribution in [2.24, 2.45) is 5.73 Å². The molecule has 0 unspecified atom stereocenters. The molecule has 0 saturated carbocycles. The number of piperidine rings is 1. The van der Waals surface area contributed by atoms with Crippen molar-refractivity contribution in [3.05, 3.63) is 59.8 Å². The Hall–Kier alpha value is -3.59. The molecule has 9 heteroatoms. The number of benzene rings is 1. The highest BCUT2D eigenvalue weighted by atomic mass is 16.7. The van der Waals surface area contributed by atoms with Crippen molar-refractivity contribution in [1.29, 1.82) is 0 Å². The number of carbonyl (C=O) groups is 2. The fourth-order valence-corrected chi connectivity index (χ4v) is 4.11. The summed E-state index contributed by atoms with van der Waals surface area (Å²) in [4.78, 5) is 37.2. The first-order valence-corrected chi connectivity index (χ1v) is 10.7. The minimum Gasteiger partial charge on any atom is -0.454 e. The second-order valence-corrected chi connectivity index (χ2v) is 7.95. The Morgan fingerprint density at radius 1 is 1.00 bits per heavy atom. The number of anilines is 1. The number of hydroxylamine groups is 1. The number of ether oxygens (including phenoxy) is 2. The van der Waals surface area contributed by atoms with Crippen molar-refractivity contribution in [3.8, 4) is 11.5 Å². The topological polar surface area (TPSA) is 107 Å². The quantitative estimate of drug-likeness (QED) is 0.733. The third kappa shape index (κ3) is 3.87. The van der Waals surface area contributed by atoms with Crippen LogP contribution in [-0.2, 0) is 9.63 Å². The molecule has 5 rings (SSSR count). The molecule has 166 valence electrons. The largest absolute Gasteiger partial charge is 0.454 e. The van der Waals surface area contributed by atoms with Crippen LogP contribution in [-0.4, -0.2) is 47.6 Å². The van der Waals surface area contributed by atoms with Gasteiger partial charge in [0.15, 0.2) is 23.4 Å². The first-order chi connectivity index (χ1) is 15.6. The third-order valence-corrected chi connectivity index (χ3v) is 5.85. The van der Waals surface area contributed by atoms with E-state index < -0.39 is 18.1 Å². The van der Waals surface area contributed by atoms with Gasteiger partial charge in [-0.05, 0) is 49.1 Å². The van der Waals surface area contributed by atoms with E-state index in [4.69, 9.17) is 20.0 Å². The molecule has 0 aliphatic carbocycles. The summed E-state index contributed by atoms with van der Waals surface area (Å²) in [5, 5.41) is 1.51. The third-order valence-electron chi connectivity index (χ3n) is 5.85. The van der Waals surface area contributed by atoms with Gasteiger partial charge in [0, 0.05) is 19.3 Å². The zero-order valence-electron chi connectivity index (χ0n) is 17.5. The maximum atomic E-state index is 13.3. The molecule has 1 fully saturated rings. The Kier molecular flexibility index (Phi) is 5.40. The molecule has 1 aromatic heterocycles. The number of carbonyl (C=O) groups excluding carboxylic acids is 2. The van der Waals surface area contributed by atoms with Crippen molar-refractivity contribution in [2.45, 2.75) is 31.4 Å². The first kappa shape index (κ1) is 20.3. The van der Waals surface area contributed by atoms with Gasteiger partial charge in [-0.25, -0.2) is 10.0 Å². The molecule has 0 spiro atoms. The smallest absolute Gasteiger partial charge is 0.251 e. The number of amides is 2. The summed E-state index contributed by atoms with van der Waals surface area (Å²) in [5.41, 5.74) is 6.48. The van der Waals surface area contributed by atoms with Crippen molar-refractivity contribution in [2.75, 3.05) is 24.9 Å². The maximum absolute atomic E-state index is 13.3. The molecule has 2 amide bonds. The normalized spacial score (nSPS) is 22.1. The van der Waals surface area contributed by atoms with E-state index in [1.54, 1.807) is 12.1 Å². The number of likely N-dealkylation sites (tertiary alicyclic amines) is 1. The summed E-state index contributed by atoms with van der Waals surface area (Å²) in [7, 11) is 0. The van der Waals surface area contributed by atoms with E-state index in [0.29, 0.717) is 17.3 Å². The van der Waals surface area contributed by atoms with Crippen LogP contribution in [0.2, 0.25) is 0 Å². The van der Waals surface area contributed by atoms with Crippen LogP contribution in [0, 0.1) is 0 Å². The summed E-state index contributed by atoms with van der Waals surface area (Å²) in [6, 6.07) is 8.15. The highest BCUT2D eigenvalue weighted by molar-refractivity contribution is 5.92. The van der Waals surface area contributed by atoms with E-state index in [1.807, 2.05) is 35.3 Å². The lowest BCUT2D eigenvalue weighted by Crippen LogP contribution is -2.51. The summed E-state index contributed by atoms with van der Waals surface area (Å²) in [5.74, 6) is 1.16. The predicted molar refractivity (Wildman–Crippen MR) is 115 cm³/mol. The van der Waals surface area contributed by atoms with E-state index in [0.717, 1.165) is 37.9 Å². The van der Waals surface area contributed by atoms with Crippen LogP contribution in [0.5, 0.6) is 11.5 Å². The molecular formula is C23H24N4O5. The molecule has 3 aliphatic heterocycles. The van der Waals surface area contributed by atoms with Crippen molar-refractivity contribution >= 4 is 17.6 Å². The average molecular weight is 436 g/mol. The zero-order valence-corrected chi connectivity index (χ0v) is 17.5. The van der Waals surface area contributed by atoms with Crippen LogP contribution in [0.3, 0.4) is 0 Å². The SMILES string of the molecule is NC(=O)c1ccc(N2O[C@@H](c3ccc4c(c3)OCO4)C=C[C@@H]2C(=O)N2CCCCC2)nc1. The monoisotopic (exact) mass is 436 g/mol. The van der Waals surface area contributed by atoms with E-state index in [2.05, 4.69) is 4.98 Å². The first-order valence-electron chi connectivity index (χ1n) is 10.7. The fourth-order valence-electron chi connectivity index (χ4n) is 4.11. The summed E-state index contributed by atoms with van der Waals surface area (Å²) in [6.45, 7) is 1.65. The van der Waals surface area contributed by atoms with Gasteiger partial charge >= 0.3 is 0 Å².